The first kappa shape index (κ1) is 20.3. The average Bonchev–Trinajstić information content (AvgIpc) is 3.06. The summed E-state index contributed by atoms with van der Waals surface area (Å²) in [6.45, 7) is 4.87. The third-order valence-corrected chi connectivity index (χ3v) is 5.99. The van der Waals surface area contributed by atoms with Crippen LogP contribution in [0.3, 0.4) is 0 Å². The Morgan fingerprint density at radius 2 is 1.90 bits per heavy atom. The third-order valence-electron chi connectivity index (χ3n) is 5.17. The van der Waals surface area contributed by atoms with Crippen molar-refractivity contribution < 1.29 is 9.18 Å². The van der Waals surface area contributed by atoms with Gasteiger partial charge in [0.15, 0.2) is 0 Å². The van der Waals surface area contributed by atoms with Gasteiger partial charge in [-0.3, -0.25) is 0 Å². The van der Waals surface area contributed by atoms with E-state index in [4.69, 9.17) is 0 Å². The summed E-state index contributed by atoms with van der Waals surface area (Å²) in [5, 5.41) is 3.88. The molecule has 1 aliphatic rings. The topological polar surface area (TPSA) is 61.4 Å². The standard InChI is InChI=1S/C22H24FN5OS/c1-16-5-2-3-6-19(16)24-21(29)27-11-4-12-28(14-13-27)22-25-20(26-30-22)15-17-7-9-18(23)10-8-17/h2-3,5-10H,4,11-15H2,1H3,(H,24,29). The van der Waals surface area contributed by atoms with Crippen molar-refractivity contribution in [2.45, 2.75) is 19.8 Å². The maximum Gasteiger partial charge on any atom is 0.321 e. The molecule has 3 aromatic rings. The lowest BCUT2D eigenvalue weighted by Gasteiger charge is -2.22. The Morgan fingerprint density at radius 3 is 2.70 bits per heavy atom. The van der Waals surface area contributed by atoms with Crippen molar-refractivity contribution in [1.82, 2.24) is 14.3 Å². The number of carbonyl (C=O) groups is 1. The molecule has 0 atom stereocenters. The molecule has 0 aliphatic carbocycles. The molecule has 1 aromatic heterocycles. The number of hydrogen-bond acceptors (Lipinski definition) is 5. The maximum absolute atomic E-state index is 13.1. The number of hydrogen-bond donors (Lipinski definition) is 1. The molecule has 2 heterocycles. The number of urea groups is 1. The number of rotatable bonds is 4. The van der Waals surface area contributed by atoms with Crippen LogP contribution in [0.1, 0.15) is 23.4 Å². The SMILES string of the molecule is Cc1ccccc1NC(=O)N1CCCN(c2nc(Cc3ccc(F)cc3)ns2)CC1. The molecule has 1 N–H and O–H groups in total. The highest BCUT2D eigenvalue weighted by molar-refractivity contribution is 7.09. The van der Waals surface area contributed by atoms with Gasteiger partial charge in [-0.1, -0.05) is 30.3 Å². The third kappa shape index (κ3) is 4.94. The van der Waals surface area contributed by atoms with Crippen molar-refractivity contribution in [2.24, 2.45) is 0 Å². The highest BCUT2D eigenvalue weighted by atomic mass is 32.1. The summed E-state index contributed by atoms with van der Waals surface area (Å²) in [5.41, 5.74) is 2.87. The van der Waals surface area contributed by atoms with Crippen LogP contribution in [0.25, 0.3) is 0 Å². The first-order chi connectivity index (χ1) is 14.6. The summed E-state index contributed by atoms with van der Waals surface area (Å²) < 4.78 is 17.5. The Balaban J connectivity index is 1.35. The summed E-state index contributed by atoms with van der Waals surface area (Å²) in [7, 11) is 0. The molecule has 0 bridgehead atoms. The molecule has 8 heteroatoms. The van der Waals surface area contributed by atoms with Gasteiger partial charge in [0.25, 0.3) is 0 Å². The monoisotopic (exact) mass is 425 g/mol. The minimum atomic E-state index is -0.244. The normalized spacial score (nSPS) is 14.5. The van der Waals surface area contributed by atoms with Crippen LogP contribution in [0.2, 0.25) is 0 Å². The van der Waals surface area contributed by atoms with Gasteiger partial charge in [0.1, 0.15) is 11.6 Å². The summed E-state index contributed by atoms with van der Waals surface area (Å²) >= 11 is 1.37. The van der Waals surface area contributed by atoms with E-state index in [1.165, 1.54) is 23.7 Å². The maximum atomic E-state index is 13.1. The highest BCUT2D eigenvalue weighted by Gasteiger charge is 2.21. The molecule has 0 unspecified atom stereocenters. The minimum absolute atomic E-state index is 0.0691. The van der Waals surface area contributed by atoms with E-state index in [0.717, 1.165) is 40.7 Å². The molecule has 2 aromatic carbocycles. The lowest BCUT2D eigenvalue weighted by Crippen LogP contribution is -2.38. The molecule has 0 spiro atoms. The number of aryl methyl sites for hydroxylation is 1. The van der Waals surface area contributed by atoms with Gasteiger partial charge in [-0.15, -0.1) is 0 Å². The van der Waals surface area contributed by atoms with E-state index in [2.05, 4.69) is 19.6 Å². The van der Waals surface area contributed by atoms with E-state index < -0.39 is 0 Å². The number of benzene rings is 2. The van der Waals surface area contributed by atoms with Gasteiger partial charge in [0, 0.05) is 49.8 Å². The van der Waals surface area contributed by atoms with Crippen LogP contribution in [0.5, 0.6) is 0 Å². The van der Waals surface area contributed by atoms with Gasteiger partial charge in [-0.05, 0) is 42.7 Å². The van der Waals surface area contributed by atoms with Gasteiger partial charge in [-0.2, -0.15) is 4.37 Å². The second-order valence-corrected chi connectivity index (χ2v) is 8.10. The van der Waals surface area contributed by atoms with Gasteiger partial charge >= 0.3 is 6.03 Å². The second-order valence-electron chi connectivity index (χ2n) is 7.37. The summed E-state index contributed by atoms with van der Waals surface area (Å²) in [5.74, 6) is 0.492. The van der Waals surface area contributed by atoms with E-state index in [0.29, 0.717) is 26.1 Å². The lowest BCUT2D eigenvalue weighted by atomic mass is 10.1. The van der Waals surface area contributed by atoms with Crippen molar-refractivity contribution in [1.29, 1.82) is 0 Å². The van der Waals surface area contributed by atoms with Gasteiger partial charge < -0.3 is 15.1 Å². The second kappa shape index (κ2) is 9.21. The quantitative estimate of drug-likeness (QED) is 0.676. The Morgan fingerprint density at radius 1 is 1.10 bits per heavy atom. The van der Waals surface area contributed by atoms with E-state index in [-0.39, 0.29) is 11.8 Å². The van der Waals surface area contributed by atoms with Gasteiger partial charge in [0.05, 0.1) is 0 Å². The number of carbonyl (C=O) groups excluding carboxylic acids is 1. The van der Waals surface area contributed by atoms with Crippen molar-refractivity contribution in [3.8, 4) is 0 Å². The number of anilines is 2. The average molecular weight is 426 g/mol. The van der Waals surface area contributed by atoms with Crippen LogP contribution >= 0.6 is 11.5 Å². The molecule has 1 fully saturated rings. The Kier molecular flexibility index (Phi) is 6.23. The molecule has 0 saturated carbocycles. The highest BCUT2D eigenvalue weighted by Crippen LogP contribution is 2.21. The fourth-order valence-electron chi connectivity index (χ4n) is 3.45. The van der Waals surface area contributed by atoms with Crippen molar-refractivity contribution in [3.05, 3.63) is 71.3 Å². The van der Waals surface area contributed by atoms with E-state index >= 15 is 0 Å². The largest absolute Gasteiger partial charge is 0.345 e. The molecule has 30 heavy (non-hydrogen) atoms. The van der Waals surface area contributed by atoms with E-state index in [9.17, 15) is 9.18 Å². The zero-order chi connectivity index (χ0) is 20.9. The predicted octanol–water partition coefficient (Wildman–Crippen LogP) is 4.32. The van der Waals surface area contributed by atoms with Crippen molar-refractivity contribution >= 4 is 28.4 Å². The molecule has 4 rings (SSSR count). The molecule has 2 amide bonds. The smallest absolute Gasteiger partial charge is 0.321 e. The molecular weight excluding hydrogens is 401 g/mol. The Bertz CT molecular complexity index is 1010. The first-order valence-electron chi connectivity index (χ1n) is 10.0. The van der Waals surface area contributed by atoms with Crippen LogP contribution in [0.15, 0.2) is 48.5 Å². The van der Waals surface area contributed by atoms with Crippen LogP contribution in [0.4, 0.5) is 20.0 Å². The fourth-order valence-corrected chi connectivity index (χ4v) is 4.19. The number of nitrogens with one attached hydrogen (secondary N) is 1. The predicted molar refractivity (Wildman–Crippen MR) is 118 cm³/mol. The van der Waals surface area contributed by atoms with Crippen LogP contribution in [-0.4, -0.2) is 46.5 Å². The van der Waals surface area contributed by atoms with Crippen LogP contribution in [-0.2, 0) is 6.42 Å². The van der Waals surface area contributed by atoms with E-state index in [1.807, 2.05) is 36.1 Å². The fraction of sp³-hybridized carbons (Fsp3) is 0.318. The summed E-state index contributed by atoms with van der Waals surface area (Å²) in [6.07, 6.45) is 1.45. The van der Waals surface area contributed by atoms with Crippen molar-refractivity contribution in [2.75, 3.05) is 36.4 Å². The zero-order valence-electron chi connectivity index (χ0n) is 16.8. The Labute approximate surface area is 179 Å². The van der Waals surface area contributed by atoms with Crippen molar-refractivity contribution in [3.63, 3.8) is 0 Å². The molecular formula is C22H24FN5OS. The number of amides is 2. The van der Waals surface area contributed by atoms with Crippen LogP contribution < -0.4 is 10.2 Å². The summed E-state index contributed by atoms with van der Waals surface area (Å²) in [4.78, 5) is 21.4. The number of para-hydroxylation sites is 1. The number of aromatic nitrogens is 2. The lowest BCUT2D eigenvalue weighted by molar-refractivity contribution is 0.215. The number of nitrogens with zero attached hydrogens (tertiary/aromatic N) is 4. The molecule has 1 aliphatic heterocycles. The molecule has 6 nitrogen and oxygen atoms in total. The Hall–Kier alpha value is -3.00. The molecule has 156 valence electrons. The van der Waals surface area contributed by atoms with E-state index in [1.54, 1.807) is 12.1 Å². The summed E-state index contributed by atoms with van der Waals surface area (Å²) in [6, 6.07) is 14.1. The minimum Gasteiger partial charge on any atom is -0.345 e. The molecule has 1 saturated heterocycles. The van der Waals surface area contributed by atoms with Crippen LogP contribution in [0, 0.1) is 12.7 Å². The first-order valence-corrected chi connectivity index (χ1v) is 10.8. The molecule has 0 radical (unpaired) electrons. The van der Waals surface area contributed by atoms with Gasteiger partial charge in [-0.25, -0.2) is 14.2 Å². The number of halogens is 1. The zero-order valence-corrected chi connectivity index (χ0v) is 17.7. The van der Waals surface area contributed by atoms with Gasteiger partial charge in [0.2, 0.25) is 5.13 Å².